The molecule has 15 rings (SSSR count). The van der Waals surface area contributed by atoms with Crippen LogP contribution in [0.25, 0.3) is 22.3 Å². The Kier molecular flexibility index (Phi) is 28.2. The van der Waals surface area contributed by atoms with Crippen molar-refractivity contribution in [3.05, 3.63) is 205 Å². The number of phenols is 3. The average molecular weight is 1830 g/mol. The Hall–Kier alpha value is -11.3. The van der Waals surface area contributed by atoms with Crippen molar-refractivity contribution in [3.63, 3.8) is 0 Å². The van der Waals surface area contributed by atoms with Gasteiger partial charge in [0, 0.05) is 46.3 Å². The second-order valence-corrected chi connectivity index (χ2v) is 36.1. The highest BCUT2D eigenvalue weighted by Gasteiger charge is 2.53. The maximum absolute atomic E-state index is 16.4. The predicted molar refractivity (Wildman–Crippen MR) is 459 cm³/mol. The van der Waals surface area contributed by atoms with E-state index in [1.54, 1.807) is 58.9 Å². The first-order valence-corrected chi connectivity index (χ1v) is 43.3. The number of sulfone groups is 1. The number of fused-ring (bicyclic) bond motifs is 15. The lowest BCUT2D eigenvalue weighted by molar-refractivity contribution is -0.332. The van der Waals surface area contributed by atoms with Gasteiger partial charge in [-0.3, -0.25) is 33.6 Å². The first-order chi connectivity index (χ1) is 60.1. The van der Waals surface area contributed by atoms with E-state index in [-0.39, 0.29) is 52.6 Å². The van der Waals surface area contributed by atoms with E-state index in [9.17, 15) is 68.8 Å². The predicted octanol–water partition coefficient (Wildman–Crippen LogP) is 7.05. The zero-order valence-electron chi connectivity index (χ0n) is 69.6. The van der Waals surface area contributed by atoms with Crippen LogP contribution in [0.5, 0.6) is 46.0 Å². The number of phenolic OH excluding ortho intramolecular Hbond substituents is 3. The second-order valence-electron chi connectivity index (χ2n) is 32.8. The quantitative estimate of drug-likeness (QED) is 0.0363. The number of aromatic hydroxyl groups is 3. The Bertz CT molecular complexity index is 5700. The van der Waals surface area contributed by atoms with Crippen LogP contribution in [-0.4, -0.2) is 193 Å². The second kappa shape index (κ2) is 38.3. The minimum Gasteiger partial charge on any atom is -0.508 e. The summed E-state index contributed by atoms with van der Waals surface area (Å²) in [6.07, 6.45) is -20.0. The lowest BCUT2D eigenvalue weighted by Gasteiger charge is -2.48. The number of carbonyl (C=O) groups is 8. The average Bonchev–Trinajstić information content (AvgIpc) is 0.762. The molecule has 8 aromatic rings. The Morgan fingerprint density at radius 1 is 0.654 bits per heavy atom. The molecule has 38 heteroatoms. The Balaban J connectivity index is 1.01. The molecule has 0 spiro atoms. The molecule has 19 N–H and O–H groups in total. The molecule has 34 nitrogen and oxygen atoms in total. The summed E-state index contributed by atoms with van der Waals surface area (Å²) in [6.45, 7) is 12.1. The first kappa shape index (κ1) is 93.4. The number of hydrogen-bond acceptors (Lipinski definition) is 26. The van der Waals surface area contributed by atoms with E-state index in [2.05, 4.69) is 42.5 Å². The molecular weight excluding hydrogens is 1730 g/mol. The molecular formula is C89H96Cl3N9O25S. The number of aryl methyl sites for hydroxylation is 3. The number of aliphatic carboxylic acids is 1. The summed E-state index contributed by atoms with van der Waals surface area (Å²) in [5, 5.41) is 128. The highest BCUT2D eigenvalue weighted by atomic mass is 35.5. The zero-order valence-corrected chi connectivity index (χ0v) is 72.7. The Morgan fingerprint density at radius 2 is 1.24 bits per heavy atom. The van der Waals surface area contributed by atoms with Crippen molar-refractivity contribution in [2.75, 3.05) is 12.8 Å². The number of amides is 7. The fourth-order valence-electron chi connectivity index (χ4n) is 16.5. The molecule has 8 aromatic carbocycles. The molecule has 0 aromatic heterocycles. The SMILES string of the molecule is CN[C@H](CC(C)C)C(=O)N[C@H]1C(=O)N[C@@H](CC(N)=O)C(=O)NC2C(=O)NC3C(=O)N[C@H](C(=O)N[C@@H](C(=O)O)c4cc(O)cc(O)c4-c4cc3ccc4O)[C@H](O)c3ccc(c(Cl)c3)Oc3cc2cc(c3OC2OC(CCS(=O)(=O)c3c(C)cc(C)cc3C)C(O)C(O)C2OC2CC(C)(NCc3ccc(-c4ccc(Cl)cc4)cc3)C(O)C(C)O2)Oc2ccc(cc2Cl)[C@H]1O. The molecule has 674 valence electrons. The van der Waals surface area contributed by atoms with Crippen LogP contribution in [0.4, 0.5) is 0 Å². The number of aliphatic hydroxyl groups is 5. The number of carboxylic acids is 1. The molecule has 0 aliphatic carbocycles. The number of rotatable bonds is 20. The minimum atomic E-state index is -4.29. The van der Waals surface area contributed by atoms with Crippen LogP contribution >= 0.6 is 34.8 Å². The molecule has 7 aliphatic heterocycles. The summed E-state index contributed by atoms with van der Waals surface area (Å²) >= 11 is 20.7. The molecule has 7 heterocycles. The van der Waals surface area contributed by atoms with Gasteiger partial charge in [0.15, 0.2) is 39.8 Å². The van der Waals surface area contributed by atoms with Gasteiger partial charge in [0.1, 0.15) is 83.4 Å². The number of primary amides is 1. The third-order valence-electron chi connectivity index (χ3n) is 23.0. The Morgan fingerprint density at radius 3 is 1.84 bits per heavy atom. The highest BCUT2D eigenvalue weighted by molar-refractivity contribution is 7.91. The standard InChI is InChI=1S/C89H96Cl3N9O25S/c1-38(2)25-56(94-8)81(111)100-71-73(106)47-16-21-60(54(91)29-47)122-63-31-49-32-64(77(63)126-88-78(76(109)75(108)62(124-88)23-24-127(119,120)79-40(4)26-39(3)27-41(79)5)125-66-36-89(7,80(110)42(6)121-66)95-37-43-9-11-44(12-10-43)45-13-18-50(90)19-14-45)123-61-22-17-48(30-55(61)92)74(107)72-86(116)99-70(87(117)118)53-33-51(102)34-59(104)67(53)52-28-46(15-20-58(52)103)68(83(113)101-72)98-84(114)69(49)97-82(112)57(35-65(93)105)96-85(71)115/h9-22,26-34,38,42,56-57,62,66,68-76,78,80,88,94-95,102-104,106-110H,23-25,35-37H2,1-8H3,(H2,93,105)(H,96,115)(H,97,112)(H,98,114)(H,99,116)(H,100,111)(H,101,113)(H,117,118)/t42?,56-,57+,62?,66?,68?,69?,70-,71-,72+,73-,74-,75?,76?,78?,80?,88?,89?/m1/s1. The maximum atomic E-state index is 16.4. The summed E-state index contributed by atoms with van der Waals surface area (Å²) < 4.78 is 70.1. The van der Waals surface area contributed by atoms with Crippen LogP contribution < -0.4 is 62.5 Å². The van der Waals surface area contributed by atoms with E-state index < -0.39 is 258 Å². The molecule has 7 amide bonds. The summed E-state index contributed by atoms with van der Waals surface area (Å²) in [6, 6.07) is 17.3. The van der Waals surface area contributed by atoms with E-state index in [0.29, 0.717) is 16.1 Å². The number of carbonyl (C=O) groups excluding carboxylic acids is 7. The number of hydrogen-bond donors (Lipinski definition) is 18. The number of benzene rings is 8. The van der Waals surface area contributed by atoms with Gasteiger partial charge in [0.2, 0.25) is 53.4 Å². The van der Waals surface area contributed by atoms with E-state index in [4.69, 9.17) is 69.0 Å². The summed E-state index contributed by atoms with van der Waals surface area (Å²) in [5.41, 5.74) is 5.71. The van der Waals surface area contributed by atoms with E-state index >= 15 is 24.0 Å². The fourth-order valence-corrected chi connectivity index (χ4v) is 18.9. The molecule has 7 aliphatic rings. The summed E-state index contributed by atoms with van der Waals surface area (Å²) in [5.74, 6) is -17.1. The topological polar surface area (TPSA) is 530 Å². The van der Waals surface area contributed by atoms with Crippen LogP contribution in [0, 0.1) is 26.7 Å². The van der Waals surface area contributed by atoms with Gasteiger partial charge in [-0.25, -0.2) is 13.2 Å². The number of nitrogens with one attached hydrogen (secondary N) is 8. The number of likely N-dealkylation sites (N-methyl/N-ethyl adjacent to an activating group) is 1. The van der Waals surface area contributed by atoms with Gasteiger partial charge in [0.25, 0.3) is 0 Å². The van der Waals surface area contributed by atoms with Crippen LogP contribution in [0.15, 0.2) is 144 Å². The van der Waals surface area contributed by atoms with Gasteiger partial charge in [0.05, 0.1) is 51.5 Å². The highest BCUT2D eigenvalue weighted by Crippen LogP contribution is 2.51. The van der Waals surface area contributed by atoms with Gasteiger partial charge in [-0.1, -0.05) is 121 Å². The van der Waals surface area contributed by atoms with Crippen molar-refractivity contribution in [1.82, 2.24) is 42.5 Å². The first-order valence-electron chi connectivity index (χ1n) is 40.5. The van der Waals surface area contributed by atoms with Gasteiger partial charge in [-0.05, 0) is 177 Å². The Labute approximate surface area is 743 Å². The normalized spacial score (nSPS) is 25.9. The van der Waals surface area contributed by atoms with Crippen molar-refractivity contribution in [2.24, 2.45) is 11.7 Å². The molecule has 11 unspecified atom stereocenters. The van der Waals surface area contributed by atoms with Crippen molar-refractivity contribution < 1.29 is 121 Å². The molecule has 11 bridgehead atoms. The fraction of sp³-hybridized carbons (Fsp3) is 0.371. The van der Waals surface area contributed by atoms with Crippen molar-refractivity contribution in [3.8, 4) is 68.2 Å². The van der Waals surface area contributed by atoms with Crippen molar-refractivity contribution in [2.45, 2.75) is 195 Å². The molecule has 127 heavy (non-hydrogen) atoms. The lowest BCUT2D eigenvalue weighted by atomic mass is 9.84. The lowest BCUT2D eigenvalue weighted by Crippen LogP contribution is -2.65. The third-order valence-corrected chi connectivity index (χ3v) is 25.9. The molecule has 2 fully saturated rings. The van der Waals surface area contributed by atoms with Crippen LogP contribution in [-0.2, 0) is 68.9 Å². The van der Waals surface area contributed by atoms with Gasteiger partial charge in [-0.2, -0.15) is 0 Å². The zero-order chi connectivity index (χ0) is 91.9. The van der Waals surface area contributed by atoms with Crippen molar-refractivity contribution in [1.29, 1.82) is 0 Å². The van der Waals surface area contributed by atoms with E-state index in [0.717, 1.165) is 89.0 Å². The maximum Gasteiger partial charge on any atom is 0.330 e. The molecule has 0 radical (unpaired) electrons. The van der Waals surface area contributed by atoms with Crippen LogP contribution in [0.3, 0.4) is 0 Å². The van der Waals surface area contributed by atoms with Gasteiger partial charge < -0.3 is 123 Å². The number of aliphatic hydroxyl groups excluding tert-OH is 5. The molecule has 18 atom stereocenters. The largest absolute Gasteiger partial charge is 0.508 e. The molecule has 0 saturated carbocycles. The van der Waals surface area contributed by atoms with E-state index in [1.807, 2.05) is 50.2 Å². The summed E-state index contributed by atoms with van der Waals surface area (Å²) in [7, 11) is -2.82. The number of halogens is 3. The smallest absolute Gasteiger partial charge is 0.330 e. The van der Waals surface area contributed by atoms with E-state index in [1.165, 1.54) is 19.2 Å². The van der Waals surface area contributed by atoms with Gasteiger partial charge >= 0.3 is 5.97 Å². The summed E-state index contributed by atoms with van der Waals surface area (Å²) in [4.78, 5) is 119. The van der Waals surface area contributed by atoms with Gasteiger partial charge in [-0.15, -0.1) is 0 Å². The monoisotopic (exact) mass is 1830 g/mol. The third kappa shape index (κ3) is 20.5. The van der Waals surface area contributed by atoms with Crippen molar-refractivity contribution >= 4 is 92.0 Å². The number of nitrogens with two attached hydrogens (primary N) is 1. The molecule has 2 saturated heterocycles. The van der Waals surface area contributed by atoms with Crippen LogP contribution in [0.1, 0.15) is 134 Å². The van der Waals surface area contributed by atoms with Crippen LogP contribution in [0.2, 0.25) is 15.1 Å². The minimum absolute atomic E-state index is 0.0132. The number of carboxylic acid groups (broad SMARTS) is 1. The number of ether oxygens (including phenoxy) is 6.